The van der Waals surface area contributed by atoms with E-state index in [1.165, 1.54) is 0 Å². The van der Waals surface area contributed by atoms with Gasteiger partial charge in [-0.25, -0.2) is 0 Å². The van der Waals surface area contributed by atoms with E-state index in [1.807, 2.05) is 37.3 Å². The molecular formula is C16H21ClN4O2. The Kier molecular flexibility index (Phi) is 6.12. The van der Waals surface area contributed by atoms with Crippen LogP contribution in [0.5, 0.6) is 0 Å². The van der Waals surface area contributed by atoms with Crippen molar-refractivity contribution in [3.63, 3.8) is 0 Å². The number of carbonyl (C=O) groups excluding carboxylic acids is 1. The molecule has 0 spiro atoms. The Labute approximate surface area is 141 Å². The molecule has 0 saturated carbocycles. The molecule has 1 aliphatic rings. The quantitative estimate of drug-likeness (QED) is 0.895. The third kappa shape index (κ3) is 4.30. The fourth-order valence-electron chi connectivity index (χ4n) is 2.58. The second-order valence-corrected chi connectivity index (χ2v) is 5.60. The van der Waals surface area contributed by atoms with Crippen LogP contribution in [-0.2, 0) is 4.79 Å². The normalized spacial score (nSPS) is 18.7. The molecule has 1 amide bonds. The van der Waals surface area contributed by atoms with Gasteiger partial charge in [0.1, 0.15) is 0 Å². The van der Waals surface area contributed by atoms with Gasteiger partial charge in [-0.1, -0.05) is 23.4 Å². The van der Waals surface area contributed by atoms with Gasteiger partial charge < -0.3 is 15.2 Å². The first-order chi connectivity index (χ1) is 10.7. The molecular weight excluding hydrogens is 316 g/mol. The van der Waals surface area contributed by atoms with Gasteiger partial charge in [0.2, 0.25) is 5.91 Å². The maximum Gasteiger partial charge on any atom is 0.257 e. The highest BCUT2D eigenvalue weighted by molar-refractivity contribution is 5.85. The monoisotopic (exact) mass is 336 g/mol. The lowest BCUT2D eigenvalue weighted by Gasteiger charge is -2.23. The molecule has 3 rings (SSSR count). The van der Waals surface area contributed by atoms with Crippen molar-refractivity contribution in [2.45, 2.75) is 25.8 Å². The maximum atomic E-state index is 12.2. The van der Waals surface area contributed by atoms with E-state index < -0.39 is 0 Å². The lowest BCUT2D eigenvalue weighted by Crippen LogP contribution is -2.41. The van der Waals surface area contributed by atoms with E-state index in [1.54, 1.807) is 0 Å². The summed E-state index contributed by atoms with van der Waals surface area (Å²) in [6.45, 7) is 3.60. The van der Waals surface area contributed by atoms with Crippen molar-refractivity contribution in [3.8, 4) is 11.5 Å². The number of rotatable bonds is 4. The molecule has 2 atom stereocenters. The Balaban J connectivity index is 0.00000192. The number of amides is 1. The summed E-state index contributed by atoms with van der Waals surface area (Å²) in [5, 5.41) is 10.2. The molecule has 2 unspecified atom stereocenters. The number of benzene rings is 1. The van der Waals surface area contributed by atoms with E-state index in [0.29, 0.717) is 11.7 Å². The van der Waals surface area contributed by atoms with Gasteiger partial charge in [-0.05, 0) is 38.4 Å². The summed E-state index contributed by atoms with van der Waals surface area (Å²) in [6, 6.07) is 9.32. The first-order valence-electron chi connectivity index (χ1n) is 7.64. The lowest BCUT2D eigenvalue weighted by molar-refractivity contribution is -0.126. The fourth-order valence-corrected chi connectivity index (χ4v) is 2.58. The van der Waals surface area contributed by atoms with E-state index in [9.17, 15) is 4.79 Å². The van der Waals surface area contributed by atoms with E-state index in [0.717, 1.165) is 31.5 Å². The zero-order valence-corrected chi connectivity index (χ0v) is 13.8. The van der Waals surface area contributed by atoms with Crippen molar-refractivity contribution in [2.75, 3.05) is 13.1 Å². The molecule has 2 N–H and O–H groups in total. The highest BCUT2D eigenvalue weighted by Crippen LogP contribution is 2.19. The predicted molar refractivity (Wildman–Crippen MR) is 89.1 cm³/mol. The van der Waals surface area contributed by atoms with E-state index in [4.69, 9.17) is 4.52 Å². The molecule has 1 fully saturated rings. The number of nitrogens with zero attached hydrogens (tertiary/aromatic N) is 2. The van der Waals surface area contributed by atoms with Crippen molar-refractivity contribution in [1.29, 1.82) is 0 Å². The van der Waals surface area contributed by atoms with Crippen LogP contribution in [0.15, 0.2) is 34.9 Å². The molecule has 0 radical (unpaired) electrons. The van der Waals surface area contributed by atoms with Crippen LogP contribution >= 0.6 is 12.4 Å². The summed E-state index contributed by atoms with van der Waals surface area (Å²) in [5.41, 5.74) is 0.872. The topological polar surface area (TPSA) is 80.0 Å². The third-order valence-corrected chi connectivity index (χ3v) is 3.88. The zero-order chi connectivity index (χ0) is 15.4. The smallest absolute Gasteiger partial charge is 0.257 e. The number of halogens is 1. The van der Waals surface area contributed by atoms with Crippen LogP contribution in [0.2, 0.25) is 0 Å². The van der Waals surface area contributed by atoms with Gasteiger partial charge in [0, 0.05) is 12.1 Å². The van der Waals surface area contributed by atoms with Gasteiger partial charge in [-0.2, -0.15) is 4.98 Å². The number of piperidine rings is 1. The molecule has 1 aromatic carbocycles. The predicted octanol–water partition coefficient (Wildman–Crippen LogP) is 2.34. The lowest BCUT2D eigenvalue weighted by atomic mass is 9.98. The third-order valence-electron chi connectivity index (χ3n) is 3.88. The van der Waals surface area contributed by atoms with Gasteiger partial charge >= 0.3 is 0 Å². The molecule has 2 heterocycles. The van der Waals surface area contributed by atoms with Gasteiger partial charge in [0.25, 0.3) is 5.89 Å². The fraction of sp³-hybridized carbons (Fsp3) is 0.438. The minimum atomic E-state index is -0.268. The van der Waals surface area contributed by atoms with Gasteiger partial charge in [-0.15, -0.1) is 12.4 Å². The average Bonchev–Trinajstić information content (AvgIpc) is 3.06. The van der Waals surface area contributed by atoms with Crippen molar-refractivity contribution in [2.24, 2.45) is 5.92 Å². The molecule has 0 bridgehead atoms. The minimum Gasteiger partial charge on any atom is -0.346 e. The van der Waals surface area contributed by atoms with Crippen LogP contribution in [0, 0.1) is 5.92 Å². The maximum absolute atomic E-state index is 12.2. The first kappa shape index (κ1) is 17.4. The van der Waals surface area contributed by atoms with E-state index in [-0.39, 0.29) is 30.3 Å². The first-order valence-corrected chi connectivity index (χ1v) is 7.64. The molecule has 2 aromatic rings. The summed E-state index contributed by atoms with van der Waals surface area (Å²) >= 11 is 0. The summed E-state index contributed by atoms with van der Waals surface area (Å²) in [6.07, 6.45) is 1.96. The molecule has 7 heteroatoms. The zero-order valence-electron chi connectivity index (χ0n) is 13.0. The highest BCUT2D eigenvalue weighted by Gasteiger charge is 2.24. The largest absolute Gasteiger partial charge is 0.346 e. The molecule has 0 aliphatic carbocycles. The molecule has 1 saturated heterocycles. The highest BCUT2D eigenvalue weighted by atomic mass is 35.5. The van der Waals surface area contributed by atoms with E-state index >= 15 is 0 Å². The summed E-state index contributed by atoms with van der Waals surface area (Å²) in [5.74, 6) is 1.04. The van der Waals surface area contributed by atoms with Crippen molar-refractivity contribution < 1.29 is 9.32 Å². The van der Waals surface area contributed by atoms with Crippen LogP contribution in [0.25, 0.3) is 11.5 Å². The number of hydrogen-bond acceptors (Lipinski definition) is 5. The Morgan fingerprint density at radius 1 is 1.39 bits per heavy atom. The Bertz CT molecular complexity index is 626. The number of hydrogen-bond donors (Lipinski definition) is 2. The van der Waals surface area contributed by atoms with Crippen LogP contribution in [-0.4, -0.2) is 29.1 Å². The van der Waals surface area contributed by atoms with Crippen molar-refractivity contribution >= 4 is 18.3 Å². The van der Waals surface area contributed by atoms with Crippen molar-refractivity contribution in [1.82, 2.24) is 20.8 Å². The SMILES string of the molecule is CC(NC(=O)C1CCCNC1)c1noc(-c2ccccc2)n1.Cl. The van der Waals surface area contributed by atoms with Gasteiger partial charge in [0.15, 0.2) is 5.82 Å². The number of nitrogens with one attached hydrogen (secondary N) is 2. The Morgan fingerprint density at radius 3 is 2.87 bits per heavy atom. The molecule has 1 aliphatic heterocycles. The van der Waals surface area contributed by atoms with Crippen LogP contribution in [0.4, 0.5) is 0 Å². The standard InChI is InChI=1S/C16H20N4O2.ClH/c1-11(18-15(21)13-8-5-9-17-10-13)14-19-16(22-20-14)12-6-3-2-4-7-12;/h2-4,6-7,11,13,17H,5,8-10H2,1H3,(H,18,21);1H. The van der Waals surface area contributed by atoms with Crippen LogP contribution in [0.3, 0.4) is 0 Å². The van der Waals surface area contributed by atoms with Crippen LogP contribution in [0.1, 0.15) is 31.6 Å². The van der Waals surface area contributed by atoms with Crippen molar-refractivity contribution in [3.05, 3.63) is 36.2 Å². The molecule has 124 valence electrons. The summed E-state index contributed by atoms with van der Waals surface area (Å²) < 4.78 is 5.27. The molecule has 6 nitrogen and oxygen atoms in total. The second-order valence-electron chi connectivity index (χ2n) is 5.60. The minimum absolute atomic E-state index is 0. The van der Waals surface area contributed by atoms with E-state index in [2.05, 4.69) is 20.8 Å². The average molecular weight is 337 g/mol. The summed E-state index contributed by atoms with van der Waals surface area (Å²) in [7, 11) is 0. The summed E-state index contributed by atoms with van der Waals surface area (Å²) in [4.78, 5) is 16.6. The van der Waals surface area contributed by atoms with Gasteiger partial charge in [-0.3, -0.25) is 4.79 Å². The number of carbonyl (C=O) groups is 1. The number of aromatic nitrogens is 2. The molecule has 23 heavy (non-hydrogen) atoms. The van der Waals surface area contributed by atoms with Crippen LogP contribution < -0.4 is 10.6 Å². The van der Waals surface area contributed by atoms with Gasteiger partial charge in [0.05, 0.1) is 12.0 Å². The second kappa shape index (κ2) is 8.08. The molecule has 1 aromatic heterocycles. The Morgan fingerprint density at radius 2 is 2.17 bits per heavy atom. The Hall–Kier alpha value is -1.92.